The molecule has 0 aromatic heterocycles. The van der Waals surface area contributed by atoms with E-state index in [0.717, 1.165) is 0 Å². The molecule has 1 rings (SSSR count). The molecule has 0 aliphatic heterocycles. The van der Waals surface area contributed by atoms with E-state index in [2.05, 4.69) is 0 Å². The SMILES string of the molecule is CN(c1c([N+](=O)[O-])c(N(C)[N+](=O)[O-])c([N+](=O)[O-])c(N(C)[N+](=O)[O-])c1[N+](=O)[O-])[N+](=O)[O-]. The minimum atomic E-state index is -1.76. The summed E-state index contributed by atoms with van der Waals surface area (Å²) in [7, 11) is 1.40. The first kappa shape index (κ1) is 23.1. The smallest absolute Gasteiger partial charge is 0.258 e. The van der Waals surface area contributed by atoms with Crippen LogP contribution in [0, 0.1) is 60.7 Å². The second-order valence-electron chi connectivity index (χ2n) is 5.15. The number of nitrogens with zero attached hydrogens (tertiary/aromatic N) is 9. The maximum atomic E-state index is 11.6. The summed E-state index contributed by atoms with van der Waals surface area (Å²) in [6.45, 7) is 0. The highest BCUT2D eigenvalue weighted by molar-refractivity contribution is 6.00. The molecule has 1 aromatic rings. The van der Waals surface area contributed by atoms with Crippen LogP contribution in [0.5, 0.6) is 0 Å². The van der Waals surface area contributed by atoms with E-state index in [1.807, 2.05) is 0 Å². The molecule has 0 bridgehead atoms. The number of hydrazine groups is 3. The van der Waals surface area contributed by atoms with Gasteiger partial charge in [0, 0.05) is 0 Å². The largest absolute Gasteiger partial charge is 0.342 e. The molecule has 0 saturated carbocycles. The van der Waals surface area contributed by atoms with Crippen LogP contribution >= 0.6 is 0 Å². The zero-order valence-electron chi connectivity index (χ0n) is 14.9. The molecule has 0 aliphatic rings. The first-order valence-electron chi connectivity index (χ1n) is 6.97. The summed E-state index contributed by atoms with van der Waals surface area (Å²) in [5, 5.41) is 63.0. The lowest BCUT2D eigenvalue weighted by Crippen LogP contribution is -2.33. The fourth-order valence-corrected chi connectivity index (χ4v) is 2.36. The standard InChI is InChI=1S/C9H9N9O12/c1-10(16(25)26)4-7(13(19)20)5(11(2)17(27)28)9(15(23)24)6(8(4)14(21)22)12(3)18(29)30/h1-3H3. The number of nitro benzene ring substituents is 3. The molecule has 21 heteroatoms. The first-order chi connectivity index (χ1) is 13.7. The Labute approximate surface area is 162 Å². The number of nitro groups is 6. The van der Waals surface area contributed by atoms with Crippen LogP contribution in [-0.4, -0.2) is 51.0 Å². The van der Waals surface area contributed by atoms with Crippen LogP contribution in [0.15, 0.2) is 0 Å². The van der Waals surface area contributed by atoms with Crippen LogP contribution in [0.2, 0.25) is 0 Å². The predicted octanol–water partition coefficient (Wildman–Crippen LogP) is 0.295. The zero-order chi connectivity index (χ0) is 23.7. The van der Waals surface area contributed by atoms with Gasteiger partial charge in [0.15, 0.2) is 15.1 Å². The Morgan fingerprint density at radius 3 is 0.733 bits per heavy atom. The van der Waals surface area contributed by atoms with E-state index in [4.69, 9.17) is 0 Å². The predicted molar refractivity (Wildman–Crippen MR) is 92.6 cm³/mol. The summed E-state index contributed by atoms with van der Waals surface area (Å²) < 4.78 is 0. The highest BCUT2D eigenvalue weighted by Crippen LogP contribution is 2.56. The summed E-state index contributed by atoms with van der Waals surface area (Å²) in [5.74, 6) is 0. The maximum Gasteiger partial charge on any atom is 0.342 e. The van der Waals surface area contributed by atoms with Gasteiger partial charge in [0.2, 0.25) is 0 Å². The molecular formula is C9H9N9O12. The summed E-state index contributed by atoms with van der Waals surface area (Å²) in [4.78, 5) is 63.5. The van der Waals surface area contributed by atoms with Crippen molar-refractivity contribution >= 4 is 34.1 Å². The van der Waals surface area contributed by atoms with Crippen molar-refractivity contribution in [2.24, 2.45) is 0 Å². The minimum absolute atomic E-state index is 0.311. The van der Waals surface area contributed by atoms with Gasteiger partial charge in [-0.25, -0.2) is 30.3 Å². The molecule has 0 saturated heterocycles. The fourth-order valence-electron chi connectivity index (χ4n) is 2.36. The Morgan fingerprint density at radius 2 is 0.633 bits per heavy atom. The van der Waals surface area contributed by atoms with Crippen molar-refractivity contribution in [2.75, 3.05) is 36.2 Å². The van der Waals surface area contributed by atoms with Crippen molar-refractivity contribution in [3.8, 4) is 0 Å². The van der Waals surface area contributed by atoms with Gasteiger partial charge >= 0.3 is 17.1 Å². The van der Waals surface area contributed by atoms with Gasteiger partial charge in [0.25, 0.3) is 17.1 Å². The van der Waals surface area contributed by atoms with Gasteiger partial charge in [-0.3, -0.25) is 30.3 Å². The zero-order valence-corrected chi connectivity index (χ0v) is 14.9. The van der Waals surface area contributed by atoms with E-state index in [1.54, 1.807) is 0 Å². The number of rotatable bonds is 9. The Balaban J connectivity index is 4.62. The molecule has 0 radical (unpaired) electrons. The van der Waals surface area contributed by atoms with Crippen LogP contribution < -0.4 is 15.0 Å². The van der Waals surface area contributed by atoms with Crippen molar-refractivity contribution < 1.29 is 29.9 Å². The Kier molecular flexibility index (Phi) is 6.11. The topological polar surface area (TPSA) is 269 Å². The van der Waals surface area contributed by atoms with Gasteiger partial charge in [-0.2, -0.15) is 0 Å². The Bertz CT molecular complexity index is 847. The van der Waals surface area contributed by atoms with Crippen molar-refractivity contribution in [1.29, 1.82) is 0 Å². The summed E-state index contributed by atoms with van der Waals surface area (Å²) in [6, 6.07) is 0. The quantitative estimate of drug-likeness (QED) is 0.372. The highest BCUT2D eigenvalue weighted by Gasteiger charge is 2.52. The third-order valence-corrected chi connectivity index (χ3v) is 3.60. The van der Waals surface area contributed by atoms with E-state index in [0.29, 0.717) is 21.1 Å². The average molecular weight is 435 g/mol. The second-order valence-corrected chi connectivity index (χ2v) is 5.15. The number of hydrogen-bond donors (Lipinski definition) is 0. The van der Waals surface area contributed by atoms with Gasteiger partial charge in [-0.1, -0.05) is 15.0 Å². The molecule has 0 aliphatic carbocycles. The van der Waals surface area contributed by atoms with Crippen molar-refractivity contribution in [3.05, 3.63) is 60.7 Å². The van der Waals surface area contributed by atoms with Crippen molar-refractivity contribution in [3.63, 3.8) is 0 Å². The number of anilines is 3. The molecule has 1 aromatic carbocycles. The first-order valence-corrected chi connectivity index (χ1v) is 6.97. The molecule has 21 nitrogen and oxygen atoms in total. The van der Waals surface area contributed by atoms with Crippen LogP contribution in [-0.2, 0) is 0 Å². The molecule has 0 amide bonds. The Hall–Kier alpha value is -4.98. The molecule has 0 heterocycles. The number of benzene rings is 1. The molecular weight excluding hydrogens is 426 g/mol. The molecule has 0 N–H and O–H groups in total. The average Bonchev–Trinajstić information content (AvgIpc) is 2.62. The lowest BCUT2D eigenvalue weighted by atomic mass is 10.1. The van der Waals surface area contributed by atoms with E-state index in [1.165, 1.54) is 0 Å². The molecule has 0 atom stereocenters. The highest BCUT2D eigenvalue weighted by atomic mass is 16.7. The normalized spacial score (nSPS) is 10.1. The molecule has 162 valence electrons. The molecule has 0 spiro atoms. The van der Waals surface area contributed by atoms with E-state index >= 15 is 0 Å². The lowest BCUT2D eigenvalue weighted by molar-refractivity contribution is -0.498. The van der Waals surface area contributed by atoms with Gasteiger partial charge < -0.3 is 0 Å². The Morgan fingerprint density at radius 1 is 0.467 bits per heavy atom. The second kappa shape index (κ2) is 7.95. The molecule has 0 unspecified atom stereocenters. The van der Waals surface area contributed by atoms with Gasteiger partial charge in [-0.15, -0.1) is 0 Å². The van der Waals surface area contributed by atoms with E-state index in [-0.39, 0.29) is 15.0 Å². The van der Waals surface area contributed by atoms with Crippen LogP contribution in [0.25, 0.3) is 0 Å². The minimum Gasteiger partial charge on any atom is -0.258 e. The third kappa shape index (κ3) is 3.69. The van der Waals surface area contributed by atoms with Gasteiger partial charge in [-0.05, 0) is 0 Å². The number of hydrogen-bond acceptors (Lipinski definition) is 12. The van der Waals surface area contributed by atoms with Crippen LogP contribution in [0.1, 0.15) is 0 Å². The summed E-state index contributed by atoms with van der Waals surface area (Å²) >= 11 is 0. The lowest BCUT2D eigenvalue weighted by Gasteiger charge is -2.18. The summed E-state index contributed by atoms with van der Waals surface area (Å²) in [5.41, 5.74) is -9.96. The third-order valence-electron chi connectivity index (χ3n) is 3.60. The van der Waals surface area contributed by atoms with Crippen LogP contribution in [0.4, 0.5) is 34.1 Å². The fraction of sp³-hybridized carbons (Fsp3) is 0.333. The molecule has 0 fully saturated rings. The monoisotopic (exact) mass is 435 g/mol. The van der Waals surface area contributed by atoms with E-state index in [9.17, 15) is 60.7 Å². The van der Waals surface area contributed by atoms with Crippen LogP contribution in [0.3, 0.4) is 0 Å². The summed E-state index contributed by atoms with van der Waals surface area (Å²) in [6.07, 6.45) is 0. The van der Waals surface area contributed by atoms with Gasteiger partial charge in [0.1, 0.15) is 0 Å². The van der Waals surface area contributed by atoms with Crippen molar-refractivity contribution in [1.82, 2.24) is 0 Å². The maximum absolute atomic E-state index is 11.6. The van der Waals surface area contributed by atoms with Crippen molar-refractivity contribution in [2.45, 2.75) is 0 Å². The van der Waals surface area contributed by atoms with E-state index < -0.39 is 64.0 Å². The van der Waals surface area contributed by atoms with Gasteiger partial charge in [0.05, 0.1) is 35.9 Å². The molecule has 30 heavy (non-hydrogen) atoms.